The number of anilines is 6. The van der Waals surface area contributed by atoms with Gasteiger partial charge in [0.1, 0.15) is 11.2 Å². The number of hydrogen-bond acceptors (Lipinski definition) is 4. The van der Waals surface area contributed by atoms with Crippen molar-refractivity contribution in [3.8, 4) is 22.3 Å². The van der Waals surface area contributed by atoms with Gasteiger partial charge in [-0.25, -0.2) is 0 Å². The van der Waals surface area contributed by atoms with Crippen LogP contribution in [0.15, 0.2) is 203 Å². The van der Waals surface area contributed by atoms with E-state index in [1.807, 2.05) is 6.07 Å². The molecule has 4 nitrogen and oxygen atoms in total. The summed E-state index contributed by atoms with van der Waals surface area (Å²) in [5.74, 6) is 0. The van der Waals surface area contributed by atoms with Crippen molar-refractivity contribution in [3.05, 3.63) is 228 Å². The van der Waals surface area contributed by atoms with Gasteiger partial charge >= 0.3 is 0 Å². The van der Waals surface area contributed by atoms with Crippen LogP contribution in [0.25, 0.3) is 76.9 Å². The maximum atomic E-state index is 6.77. The SMILES string of the molecule is Cc1ccc(N(c2ccc3c(c2)C(C)(C)c2cc4c(cc2-3)C(C)(C)c2cc(N(c3ccc(C)cc3)c3cccc5c3oc3ccccc35)c3ccccc3c2-4)c2cccc3c2oc2ccccc23)cc1. The second-order valence-corrected chi connectivity index (χ2v) is 20.6. The molecule has 0 fully saturated rings. The van der Waals surface area contributed by atoms with Gasteiger partial charge in [0.25, 0.3) is 0 Å². The van der Waals surface area contributed by atoms with Gasteiger partial charge in [0.2, 0.25) is 0 Å². The molecular weight excluding hydrogens is 853 g/mol. The Morgan fingerprint density at radius 3 is 1.40 bits per heavy atom. The zero-order chi connectivity index (χ0) is 47.2. The molecule has 2 heterocycles. The summed E-state index contributed by atoms with van der Waals surface area (Å²) in [5.41, 5.74) is 22.5. The Labute approximate surface area is 407 Å². The molecule has 0 aliphatic heterocycles. The minimum Gasteiger partial charge on any atom is -0.454 e. The summed E-state index contributed by atoms with van der Waals surface area (Å²) in [6.07, 6.45) is 0. The second kappa shape index (κ2) is 14.6. The molecule has 0 saturated carbocycles. The molecule has 0 amide bonds. The first kappa shape index (κ1) is 40.7. The molecule has 0 unspecified atom stereocenters. The third kappa shape index (κ3) is 5.71. The lowest BCUT2D eigenvalue weighted by molar-refractivity contribution is 0.652. The Hall–Kier alpha value is -8.34. The molecule has 0 N–H and O–H groups in total. The fourth-order valence-electron chi connectivity index (χ4n) is 12.1. The molecule has 0 atom stereocenters. The predicted molar refractivity (Wildman–Crippen MR) is 292 cm³/mol. The maximum absolute atomic E-state index is 6.77. The highest BCUT2D eigenvalue weighted by Crippen LogP contribution is 2.60. The van der Waals surface area contributed by atoms with Crippen LogP contribution in [0.1, 0.15) is 61.1 Å². The lowest BCUT2D eigenvalue weighted by atomic mass is 9.79. The average molecular weight is 903 g/mol. The third-order valence-corrected chi connectivity index (χ3v) is 15.8. The van der Waals surface area contributed by atoms with E-state index in [9.17, 15) is 0 Å². The number of aryl methyl sites for hydroxylation is 2. The molecule has 336 valence electrons. The van der Waals surface area contributed by atoms with Crippen LogP contribution in [0, 0.1) is 13.8 Å². The summed E-state index contributed by atoms with van der Waals surface area (Å²) < 4.78 is 13.5. The molecule has 2 aliphatic rings. The lowest BCUT2D eigenvalue weighted by Crippen LogP contribution is -2.18. The monoisotopic (exact) mass is 902 g/mol. The molecule has 70 heavy (non-hydrogen) atoms. The zero-order valence-corrected chi connectivity index (χ0v) is 40.2. The van der Waals surface area contributed by atoms with E-state index >= 15 is 0 Å². The van der Waals surface area contributed by atoms with E-state index in [0.717, 1.165) is 78.0 Å². The zero-order valence-electron chi connectivity index (χ0n) is 40.2. The fourth-order valence-corrected chi connectivity index (χ4v) is 12.1. The van der Waals surface area contributed by atoms with E-state index in [1.165, 1.54) is 66.4 Å². The Balaban J connectivity index is 0.938. The van der Waals surface area contributed by atoms with Crippen molar-refractivity contribution in [2.24, 2.45) is 0 Å². The Bertz CT molecular complexity index is 4150. The predicted octanol–water partition coefficient (Wildman–Crippen LogP) is 18.8. The molecule has 0 radical (unpaired) electrons. The summed E-state index contributed by atoms with van der Waals surface area (Å²) in [4.78, 5) is 4.80. The topological polar surface area (TPSA) is 32.8 Å². The molecule has 4 heteroatoms. The average Bonchev–Trinajstić information content (AvgIpc) is 4.08. The van der Waals surface area contributed by atoms with Crippen LogP contribution in [0.4, 0.5) is 34.1 Å². The van der Waals surface area contributed by atoms with Crippen LogP contribution in [0.2, 0.25) is 0 Å². The largest absolute Gasteiger partial charge is 0.454 e. The first-order valence-electron chi connectivity index (χ1n) is 24.5. The smallest absolute Gasteiger partial charge is 0.159 e. The third-order valence-electron chi connectivity index (χ3n) is 15.8. The molecule has 2 aliphatic carbocycles. The van der Waals surface area contributed by atoms with E-state index in [2.05, 4.69) is 239 Å². The number of para-hydroxylation sites is 4. The second-order valence-electron chi connectivity index (χ2n) is 20.6. The van der Waals surface area contributed by atoms with Gasteiger partial charge in [0, 0.05) is 54.8 Å². The standard InChI is InChI=1S/C66H50N2O2/c1-39-25-29-41(30-26-39)67(57-21-13-19-49-46-16-9-11-23-60(46)69-63(49)57)43-33-34-44-51-36-55-52(37-54(51)65(3,4)53(44)35-43)62-48-18-8-7-15-45(48)59(38-56(62)66(55,5)6)68(42-31-27-40(2)28-32-42)58-22-14-20-50-47-17-10-12-24-61(47)70-64(50)58/h7-38H,1-6H3. The molecule has 2 aromatic heterocycles. The number of nitrogens with zero attached hydrogens (tertiary/aromatic N) is 2. The fraction of sp³-hybridized carbons (Fsp3) is 0.121. The molecule has 12 aromatic rings. The van der Waals surface area contributed by atoms with Gasteiger partial charge < -0.3 is 18.6 Å². The van der Waals surface area contributed by atoms with Crippen molar-refractivity contribution in [2.75, 3.05) is 9.80 Å². The van der Waals surface area contributed by atoms with E-state index in [1.54, 1.807) is 0 Å². The van der Waals surface area contributed by atoms with E-state index < -0.39 is 0 Å². The van der Waals surface area contributed by atoms with Crippen LogP contribution in [-0.2, 0) is 10.8 Å². The van der Waals surface area contributed by atoms with Crippen LogP contribution >= 0.6 is 0 Å². The summed E-state index contributed by atoms with van der Waals surface area (Å²) >= 11 is 0. The summed E-state index contributed by atoms with van der Waals surface area (Å²) in [6.45, 7) is 13.9. The van der Waals surface area contributed by atoms with E-state index in [4.69, 9.17) is 8.83 Å². The van der Waals surface area contributed by atoms with Gasteiger partial charge in [0.05, 0.1) is 17.1 Å². The van der Waals surface area contributed by atoms with Crippen molar-refractivity contribution < 1.29 is 8.83 Å². The minimum atomic E-state index is -0.302. The van der Waals surface area contributed by atoms with E-state index in [0.29, 0.717) is 0 Å². The number of hydrogen-bond donors (Lipinski definition) is 0. The van der Waals surface area contributed by atoms with Gasteiger partial charge in [0.15, 0.2) is 11.2 Å². The van der Waals surface area contributed by atoms with Crippen LogP contribution in [-0.4, -0.2) is 0 Å². The van der Waals surface area contributed by atoms with Crippen molar-refractivity contribution in [1.82, 2.24) is 0 Å². The lowest BCUT2D eigenvalue weighted by Gasteiger charge is -2.30. The number of benzene rings is 10. The molecule has 14 rings (SSSR count). The molecule has 0 saturated heterocycles. The van der Waals surface area contributed by atoms with Crippen molar-refractivity contribution in [3.63, 3.8) is 0 Å². The summed E-state index contributed by atoms with van der Waals surface area (Å²) in [7, 11) is 0. The highest BCUT2D eigenvalue weighted by molar-refractivity contribution is 6.15. The first-order chi connectivity index (χ1) is 34.0. The van der Waals surface area contributed by atoms with E-state index in [-0.39, 0.29) is 10.8 Å². The highest BCUT2D eigenvalue weighted by Gasteiger charge is 2.43. The normalized spacial score (nSPS) is 14.1. The highest BCUT2D eigenvalue weighted by atomic mass is 16.3. The van der Waals surface area contributed by atoms with Crippen LogP contribution < -0.4 is 9.80 Å². The van der Waals surface area contributed by atoms with Crippen molar-refractivity contribution >= 4 is 88.8 Å². The first-order valence-corrected chi connectivity index (χ1v) is 24.5. The van der Waals surface area contributed by atoms with Gasteiger partial charge in [-0.2, -0.15) is 0 Å². The number of rotatable bonds is 6. The van der Waals surface area contributed by atoms with Crippen molar-refractivity contribution in [1.29, 1.82) is 0 Å². The van der Waals surface area contributed by atoms with Gasteiger partial charge in [-0.05, 0) is 143 Å². The molecule has 10 aromatic carbocycles. The van der Waals surface area contributed by atoms with Crippen molar-refractivity contribution in [2.45, 2.75) is 52.4 Å². The Morgan fingerprint density at radius 2 is 0.786 bits per heavy atom. The summed E-state index contributed by atoms with van der Waals surface area (Å²) in [6, 6.07) is 71.2. The molecular formula is C66H50N2O2. The summed E-state index contributed by atoms with van der Waals surface area (Å²) in [5, 5.41) is 6.92. The molecule has 0 spiro atoms. The van der Waals surface area contributed by atoms with Crippen LogP contribution in [0.3, 0.4) is 0 Å². The molecule has 0 bridgehead atoms. The number of fused-ring (bicyclic) bond motifs is 14. The number of furan rings is 2. The van der Waals surface area contributed by atoms with Gasteiger partial charge in [-0.3, -0.25) is 0 Å². The quantitative estimate of drug-likeness (QED) is 0.166. The minimum absolute atomic E-state index is 0.282. The Kier molecular flexibility index (Phi) is 8.48. The van der Waals surface area contributed by atoms with Crippen LogP contribution in [0.5, 0.6) is 0 Å². The van der Waals surface area contributed by atoms with Gasteiger partial charge in [-0.15, -0.1) is 0 Å². The Morgan fingerprint density at radius 1 is 0.329 bits per heavy atom. The maximum Gasteiger partial charge on any atom is 0.159 e. The van der Waals surface area contributed by atoms with Gasteiger partial charge in [-0.1, -0.05) is 154 Å².